The van der Waals surface area contributed by atoms with Gasteiger partial charge in [0.2, 0.25) is 5.91 Å². The van der Waals surface area contributed by atoms with Crippen molar-refractivity contribution in [2.45, 2.75) is 32.1 Å². The van der Waals surface area contributed by atoms with Crippen molar-refractivity contribution in [3.05, 3.63) is 0 Å². The first-order valence-corrected chi connectivity index (χ1v) is 6.27. The first kappa shape index (κ1) is 11.6. The topological polar surface area (TPSA) is 40.6 Å². The fourth-order valence-electron chi connectivity index (χ4n) is 2.47. The van der Waals surface area contributed by atoms with Crippen LogP contribution in [0.5, 0.6) is 0 Å². The molecule has 0 N–H and O–H groups in total. The second-order valence-corrected chi connectivity index (χ2v) is 4.76. The van der Waals surface area contributed by atoms with E-state index < -0.39 is 0 Å². The van der Waals surface area contributed by atoms with Crippen LogP contribution in [0.2, 0.25) is 0 Å². The second kappa shape index (κ2) is 5.43. The van der Waals surface area contributed by atoms with Crippen molar-refractivity contribution in [1.29, 1.82) is 0 Å². The molecule has 0 bridgehead atoms. The van der Waals surface area contributed by atoms with E-state index in [-0.39, 0.29) is 11.7 Å². The Morgan fingerprint density at radius 1 is 1.12 bits per heavy atom. The lowest BCUT2D eigenvalue weighted by Gasteiger charge is -2.26. The lowest BCUT2D eigenvalue weighted by atomic mass is 10.1. The molecule has 0 atom stereocenters. The van der Waals surface area contributed by atoms with Crippen molar-refractivity contribution in [3.8, 4) is 0 Å². The average molecular weight is 224 g/mol. The van der Waals surface area contributed by atoms with Gasteiger partial charge in [0.25, 0.3) is 0 Å². The fraction of sp³-hybridized carbons (Fsp3) is 0.833. The molecule has 1 amide bonds. The number of hydrogen-bond acceptors (Lipinski definition) is 3. The molecule has 16 heavy (non-hydrogen) atoms. The highest BCUT2D eigenvalue weighted by Crippen LogP contribution is 2.10. The van der Waals surface area contributed by atoms with Gasteiger partial charge in [-0.3, -0.25) is 9.59 Å². The van der Waals surface area contributed by atoms with Crippen LogP contribution in [-0.4, -0.2) is 54.2 Å². The van der Waals surface area contributed by atoms with Crippen molar-refractivity contribution < 1.29 is 9.59 Å². The Morgan fingerprint density at radius 2 is 1.88 bits per heavy atom. The summed E-state index contributed by atoms with van der Waals surface area (Å²) in [4.78, 5) is 27.1. The molecule has 0 aromatic rings. The van der Waals surface area contributed by atoms with Crippen LogP contribution in [0, 0.1) is 0 Å². The Labute approximate surface area is 96.6 Å². The van der Waals surface area contributed by atoms with Crippen molar-refractivity contribution in [1.82, 2.24) is 9.80 Å². The van der Waals surface area contributed by atoms with E-state index in [1.54, 1.807) is 4.90 Å². The van der Waals surface area contributed by atoms with Crippen molar-refractivity contribution in [2.24, 2.45) is 0 Å². The summed E-state index contributed by atoms with van der Waals surface area (Å²) in [6, 6.07) is 0. The minimum Gasteiger partial charge on any atom is -0.335 e. The molecule has 2 aliphatic rings. The maximum absolute atomic E-state index is 11.8. The maximum atomic E-state index is 11.8. The number of nitrogens with zero attached hydrogens (tertiary/aromatic N) is 2. The van der Waals surface area contributed by atoms with Gasteiger partial charge in [-0.15, -0.1) is 0 Å². The van der Waals surface area contributed by atoms with Gasteiger partial charge in [0.1, 0.15) is 0 Å². The molecule has 0 aliphatic carbocycles. The van der Waals surface area contributed by atoms with E-state index in [9.17, 15) is 9.59 Å². The summed E-state index contributed by atoms with van der Waals surface area (Å²) in [5.41, 5.74) is 0. The number of hydrogen-bond donors (Lipinski definition) is 0. The van der Waals surface area contributed by atoms with Gasteiger partial charge in [-0.1, -0.05) is 0 Å². The summed E-state index contributed by atoms with van der Waals surface area (Å²) in [5.74, 6) is 0.362. The Hall–Kier alpha value is -0.900. The van der Waals surface area contributed by atoms with E-state index in [0.717, 1.165) is 32.6 Å². The zero-order valence-electron chi connectivity index (χ0n) is 9.78. The number of carbonyl (C=O) groups is 2. The van der Waals surface area contributed by atoms with Crippen LogP contribution in [-0.2, 0) is 9.59 Å². The van der Waals surface area contributed by atoms with E-state index in [1.165, 1.54) is 12.8 Å². The summed E-state index contributed by atoms with van der Waals surface area (Å²) in [5, 5.41) is 0. The Bertz CT molecular complexity index is 272. The molecule has 90 valence electrons. The summed E-state index contributed by atoms with van der Waals surface area (Å²) in [6.07, 6.45) is 4.59. The molecule has 0 unspecified atom stereocenters. The Morgan fingerprint density at radius 3 is 2.56 bits per heavy atom. The fourth-order valence-corrected chi connectivity index (χ4v) is 2.47. The molecule has 0 radical (unpaired) electrons. The third kappa shape index (κ3) is 3.04. The molecule has 0 aromatic carbocycles. The predicted molar refractivity (Wildman–Crippen MR) is 61.1 cm³/mol. The molecule has 2 heterocycles. The van der Waals surface area contributed by atoms with Crippen LogP contribution in [0.4, 0.5) is 0 Å². The van der Waals surface area contributed by atoms with E-state index in [0.29, 0.717) is 19.4 Å². The van der Waals surface area contributed by atoms with Gasteiger partial charge < -0.3 is 9.80 Å². The quantitative estimate of drug-likeness (QED) is 0.707. The van der Waals surface area contributed by atoms with Gasteiger partial charge in [-0.25, -0.2) is 0 Å². The molecular weight excluding hydrogens is 204 g/mol. The standard InChI is InChI=1S/C12H20N2O2/c15-11-4-3-8-14(10-11)12(16)5-9-13-6-1-2-7-13/h1-10H2. The van der Waals surface area contributed by atoms with Crippen molar-refractivity contribution in [2.75, 3.05) is 32.7 Å². The van der Waals surface area contributed by atoms with Crippen molar-refractivity contribution >= 4 is 11.7 Å². The summed E-state index contributed by atoms with van der Waals surface area (Å²) < 4.78 is 0. The summed E-state index contributed by atoms with van der Waals surface area (Å²) in [6.45, 7) is 4.24. The normalized spacial score (nSPS) is 22.8. The first-order valence-electron chi connectivity index (χ1n) is 6.27. The SMILES string of the molecule is O=C1CCCN(C(=O)CCN2CCCC2)C1. The van der Waals surface area contributed by atoms with E-state index >= 15 is 0 Å². The number of amides is 1. The van der Waals surface area contributed by atoms with Gasteiger partial charge in [-0.2, -0.15) is 0 Å². The maximum Gasteiger partial charge on any atom is 0.224 e. The molecular formula is C12H20N2O2. The zero-order chi connectivity index (χ0) is 11.4. The van der Waals surface area contributed by atoms with Gasteiger partial charge in [0.15, 0.2) is 5.78 Å². The molecule has 2 aliphatic heterocycles. The van der Waals surface area contributed by atoms with Crippen LogP contribution >= 0.6 is 0 Å². The van der Waals surface area contributed by atoms with E-state index in [2.05, 4.69) is 4.90 Å². The lowest BCUT2D eigenvalue weighted by Crippen LogP contribution is -2.41. The highest BCUT2D eigenvalue weighted by atomic mass is 16.2. The molecule has 4 heteroatoms. The van der Waals surface area contributed by atoms with Crippen LogP contribution in [0.3, 0.4) is 0 Å². The highest BCUT2D eigenvalue weighted by Gasteiger charge is 2.22. The summed E-state index contributed by atoms with van der Waals surface area (Å²) >= 11 is 0. The first-order chi connectivity index (χ1) is 7.75. The van der Waals surface area contributed by atoms with Crippen LogP contribution in [0.15, 0.2) is 0 Å². The number of ketones is 1. The Balaban J connectivity index is 1.72. The molecule has 0 saturated carbocycles. The third-order valence-electron chi connectivity index (χ3n) is 3.44. The minimum absolute atomic E-state index is 0.153. The number of piperidine rings is 1. The molecule has 4 nitrogen and oxygen atoms in total. The monoisotopic (exact) mass is 224 g/mol. The average Bonchev–Trinajstić information content (AvgIpc) is 2.78. The van der Waals surface area contributed by atoms with Gasteiger partial charge in [0.05, 0.1) is 6.54 Å². The highest BCUT2D eigenvalue weighted by molar-refractivity contribution is 5.87. The molecule has 2 rings (SSSR count). The molecule has 2 fully saturated rings. The van der Waals surface area contributed by atoms with Gasteiger partial charge >= 0.3 is 0 Å². The van der Waals surface area contributed by atoms with Crippen LogP contribution in [0.25, 0.3) is 0 Å². The number of rotatable bonds is 3. The van der Waals surface area contributed by atoms with E-state index in [4.69, 9.17) is 0 Å². The summed E-state index contributed by atoms with van der Waals surface area (Å²) in [7, 11) is 0. The van der Waals surface area contributed by atoms with E-state index in [1.807, 2.05) is 0 Å². The zero-order valence-corrected chi connectivity index (χ0v) is 9.78. The number of Topliss-reactive ketones (excluding diaryl/α,β-unsaturated/α-hetero) is 1. The Kier molecular flexibility index (Phi) is 3.93. The number of likely N-dealkylation sites (tertiary alicyclic amines) is 2. The largest absolute Gasteiger partial charge is 0.335 e. The lowest BCUT2D eigenvalue weighted by molar-refractivity contribution is -0.137. The van der Waals surface area contributed by atoms with Crippen molar-refractivity contribution in [3.63, 3.8) is 0 Å². The molecule has 0 spiro atoms. The molecule has 0 aromatic heterocycles. The number of carbonyl (C=O) groups excluding carboxylic acids is 2. The van der Waals surface area contributed by atoms with Gasteiger partial charge in [0, 0.05) is 25.9 Å². The molecule has 2 saturated heterocycles. The van der Waals surface area contributed by atoms with Crippen LogP contribution < -0.4 is 0 Å². The third-order valence-corrected chi connectivity index (χ3v) is 3.44. The second-order valence-electron chi connectivity index (χ2n) is 4.76. The minimum atomic E-state index is 0.153. The smallest absolute Gasteiger partial charge is 0.224 e. The van der Waals surface area contributed by atoms with Crippen LogP contribution in [0.1, 0.15) is 32.1 Å². The predicted octanol–water partition coefficient (Wildman–Crippen LogP) is 0.664. The van der Waals surface area contributed by atoms with Gasteiger partial charge in [-0.05, 0) is 32.4 Å².